The van der Waals surface area contributed by atoms with Crippen LogP contribution in [-0.2, 0) is 0 Å². The lowest BCUT2D eigenvalue weighted by Gasteiger charge is -2.34. The second-order valence-corrected chi connectivity index (χ2v) is 5.12. The Morgan fingerprint density at radius 2 is 2.07 bits per heavy atom. The van der Waals surface area contributed by atoms with E-state index in [1.165, 1.54) is 0 Å². The molecule has 1 fully saturated rings. The Morgan fingerprint density at radius 1 is 1.40 bits per heavy atom. The Kier molecular flexibility index (Phi) is 3.21. The third-order valence-electron chi connectivity index (χ3n) is 2.58. The average Bonchev–Trinajstić information content (AvgIpc) is 2.17. The number of rotatable bonds is 1. The van der Waals surface area contributed by atoms with Crippen LogP contribution in [0.1, 0.15) is 13.3 Å². The van der Waals surface area contributed by atoms with Crippen LogP contribution in [0.4, 0.5) is 5.95 Å². The van der Waals surface area contributed by atoms with Gasteiger partial charge in [0.1, 0.15) is 0 Å². The van der Waals surface area contributed by atoms with Gasteiger partial charge in [-0.15, -0.1) is 0 Å². The first-order valence-electron chi connectivity index (χ1n) is 5.13. The average molecular weight is 271 g/mol. The summed E-state index contributed by atoms with van der Waals surface area (Å²) < 4.78 is 0.903. The molecule has 2 unspecified atom stereocenters. The predicted molar refractivity (Wildman–Crippen MR) is 63.7 cm³/mol. The predicted octanol–water partition coefficient (Wildman–Crippen LogP) is 1.41. The van der Waals surface area contributed by atoms with E-state index in [4.69, 9.17) is 5.73 Å². The fraction of sp³-hybridized carbons (Fsp3) is 0.600. The topological polar surface area (TPSA) is 55.0 Å². The highest BCUT2D eigenvalue weighted by Crippen LogP contribution is 2.19. The van der Waals surface area contributed by atoms with Crippen molar-refractivity contribution in [2.24, 2.45) is 11.7 Å². The van der Waals surface area contributed by atoms with Crippen molar-refractivity contribution in [2.45, 2.75) is 19.4 Å². The monoisotopic (exact) mass is 270 g/mol. The second-order valence-electron chi connectivity index (χ2n) is 4.21. The number of hydrogen-bond donors (Lipinski definition) is 1. The molecule has 0 radical (unpaired) electrons. The van der Waals surface area contributed by atoms with E-state index in [9.17, 15) is 0 Å². The van der Waals surface area contributed by atoms with Gasteiger partial charge in [0.15, 0.2) is 0 Å². The summed E-state index contributed by atoms with van der Waals surface area (Å²) in [6.07, 6.45) is 4.63. The van der Waals surface area contributed by atoms with E-state index in [0.29, 0.717) is 5.92 Å². The molecule has 0 aliphatic carbocycles. The number of anilines is 1. The highest BCUT2D eigenvalue weighted by atomic mass is 79.9. The van der Waals surface area contributed by atoms with Crippen molar-refractivity contribution >= 4 is 21.9 Å². The molecule has 1 saturated heterocycles. The van der Waals surface area contributed by atoms with Gasteiger partial charge in [0.05, 0.1) is 4.47 Å². The minimum Gasteiger partial charge on any atom is -0.339 e. The maximum Gasteiger partial charge on any atom is 0.225 e. The maximum absolute atomic E-state index is 5.98. The van der Waals surface area contributed by atoms with Crippen molar-refractivity contribution in [3.05, 3.63) is 16.9 Å². The Bertz CT molecular complexity index is 317. The van der Waals surface area contributed by atoms with Crippen molar-refractivity contribution in [3.8, 4) is 0 Å². The number of nitrogens with two attached hydrogens (primary N) is 1. The zero-order valence-corrected chi connectivity index (χ0v) is 10.3. The van der Waals surface area contributed by atoms with Gasteiger partial charge in [0.25, 0.3) is 0 Å². The molecular weight excluding hydrogens is 256 g/mol. The van der Waals surface area contributed by atoms with Gasteiger partial charge in [-0.05, 0) is 28.3 Å². The smallest absolute Gasteiger partial charge is 0.225 e. The van der Waals surface area contributed by atoms with Crippen LogP contribution in [0.25, 0.3) is 0 Å². The molecule has 2 heterocycles. The van der Waals surface area contributed by atoms with Gasteiger partial charge in [-0.2, -0.15) is 0 Å². The Labute approximate surface area is 98.0 Å². The van der Waals surface area contributed by atoms with Gasteiger partial charge < -0.3 is 10.6 Å². The molecule has 82 valence electrons. The van der Waals surface area contributed by atoms with Crippen LogP contribution in [-0.4, -0.2) is 29.1 Å². The fourth-order valence-electron chi connectivity index (χ4n) is 2.03. The van der Waals surface area contributed by atoms with Crippen molar-refractivity contribution < 1.29 is 0 Å². The van der Waals surface area contributed by atoms with Gasteiger partial charge in [0.2, 0.25) is 5.95 Å². The molecule has 1 aliphatic heterocycles. The van der Waals surface area contributed by atoms with E-state index in [1.807, 2.05) is 0 Å². The molecule has 0 aromatic carbocycles. The van der Waals surface area contributed by atoms with Crippen molar-refractivity contribution in [3.63, 3.8) is 0 Å². The van der Waals surface area contributed by atoms with Crippen LogP contribution < -0.4 is 10.6 Å². The first kappa shape index (κ1) is 10.8. The molecule has 0 saturated carbocycles. The zero-order chi connectivity index (χ0) is 10.8. The van der Waals surface area contributed by atoms with E-state index in [-0.39, 0.29) is 6.04 Å². The summed E-state index contributed by atoms with van der Waals surface area (Å²) >= 11 is 3.32. The van der Waals surface area contributed by atoms with Crippen LogP contribution in [0.15, 0.2) is 16.9 Å². The Balaban J connectivity index is 2.12. The summed E-state index contributed by atoms with van der Waals surface area (Å²) in [4.78, 5) is 10.7. The summed E-state index contributed by atoms with van der Waals surface area (Å²) in [5.41, 5.74) is 5.98. The SMILES string of the molecule is CC1CC(N)CN(c2ncc(Br)cn2)C1. The van der Waals surface area contributed by atoms with E-state index in [2.05, 4.69) is 37.7 Å². The van der Waals surface area contributed by atoms with Gasteiger partial charge in [0, 0.05) is 31.5 Å². The fourth-order valence-corrected chi connectivity index (χ4v) is 2.24. The third kappa shape index (κ3) is 2.66. The zero-order valence-electron chi connectivity index (χ0n) is 8.73. The van der Waals surface area contributed by atoms with E-state index in [1.54, 1.807) is 12.4 Å². The lowest BCUT2D eigenvalue weighted by atomic mass is 9.97. The molecule has 1 aliphatic rings. The molecule has 1 aromatic heterocycles. The van der Waals surface area contributed by atoms with Crippen LogP contribution in [0.5, 0.6) is 0 Å². The van der Waals surface area contributed by atoms with Crippen LogP contribution in [0, 0.1) is 5.92 Å². The standard InChI is InChI=1S/C10H15BrN4/c1-7-2-9(12)6-15(5-7)10-13-3-8(11)4-14-10/h3-4,7,9H,2,5-6,12H2,1H3. The van der Waals surface area contributed by atoms with Gasteiger partial charge in [-0.25, -0.2) is 9.97 Å². The molecule has 2 atom stereocenters. The lowest BCUT2D eigenvalue weighted by Crippen LogP contribution is -2.47. The number of hydrogen-bond acceptors (Lipinski definition) is 4. The molecule has 1 aromatic rings. The first-order valence-corrected chi connectivity index (χ1v) is 5.92. The van der Waals surface area contributed by atoms with Gasteiger partial charge >= 0.3 is 0 Å². The molecule has 2 N–H and O–H groups in total. The number of aromatic nitrogens is 2. The normalized spacial score (nSPS) is 26.7. The molecule has 0 amide bonds. The molecule has 0 spiro atoms. The van der Waals surface area contributed by atoms with E-state index in [0.717, 1.165) is 29.9 Å². The van der Waals surface area contributed by atoms with Crippen LogP contribution in [0.2, 0.25) is 0 Å². The van der Waals surface area contributed by atoms with Crippen molar-refractivity contribution in [1.82, 2.24) is 9.97 Å². The van der Waals surface area contributed by atoms with Crippen molar-refractivity contribution in [2.75, 3.05) is 18.0 Å². The minimum atomic E-state index is 0.237. The summed E-state index contributed by atoms with van der Waals surface area (Å²) in [6.45, 7) is 4.06. The number of piperidine rings is 1. The van der Waals surface area contributed by atoms with E-state index < -0.39 is 0 Å². The number of halogens is 1. The maximum atomic E-state index is 5.98. The summed E-state index contributed by atoms with van der Waals surface area (Å²) in [5, 5.41) is 0. The largest absolute Gasteiger partial charge is 0.339 e. The van der Waals surface area contributed by atoms with Gasteiger partial charge in [-0.1, -0.05) is 6.92 Å². The highest BCUT2D eigenvalue weighted by molar-refractivity contribution is 9.10. The quantitative estimate of drug-likeness (QED) is 0.839. The molecule has 5 heteroatoms. The Hall–Kier alpha value is -0.680. The molecule has 2 rings (SSSR count). The van der Waals surface area contributed by atoms with E-state index >= 15 is 0 Å². The highest BCUT2D eigenvalue weighted by Gasteiger charge is 2.23. The lowest BCUT2D eigenvalue weighted by molar-refractivity contribution is 0.398. The Morgan fingerprint density at radius 3 is 2.67 bits per heavy atom. The van der Waals surface area contributed by atoms with Crippen molar-refractivity contribution in [1.29, 1.82) is 0 Å². The van der Waals surface area contributed by atoms with Gasteiger partial charge in [-0.3, -0.25) is 0 Å². The number of nitrogens with zero attached hydrogens (tertiary/aromatic N) is 3. The summed E-state index contributed by atoms with van der Waals surface area (Å²) in [5.74, 6) is 1.39. The molecule has 15 heavy (non-hydrogen) atoms. The minimum absolute atomic E-state index is 0.237. The first-order chi connectivity index (χ1) is 7.15. The van der Waals surface area contributed by atoms with Crippen LogP contribution in [0.3, 0.4) is 0 Å². The molecule has 4 nitrogen and oxygen atoms in total. The second kappa shape index (κ2) is 4.45. The summed E-state index contributed by atoms with van der Waals surface area (Å²) in [6, 6.07) is 0.237. The molecular formula is C10H15BrN4. The summed E-state index contributed by atoms with van der Waals surface area (Å²) in [7, 11) is 0. The third-order valence-corrected chi connectivity index (χ3v) is 2.99. The molecule has 0 bridgehead atoms. The van der Waals surface area contributed by atoms with Crippen LogP contribution >= 0.6 is 15.9 Å².